The van der Waals surface area contributed by atoms with E-state index in [0.717, 1.165) is 19.2 Å². The van der Waals surface area contributed by atoms with Gasteiger partial charge < -0.3 is 10.0 Å². The lowest BCUT2D eigenvalue weighted by Crippen LogP contribution is -2.22. The predicted octanol–water partition coefficient (Wildman–Crippen LogP) is -0.00962. The van der Waals surface area contributed by atoms with Gasteiger partial charge in [0.1, 0.15) is 0 Å². The Labute approximate surface area is 113 Å². The third-order valence-electron chi connectivity index (χ3n) is 1.97. The van der Waals surface area contributed by atoms with Gasteiger partial charge in [-0.3, -0.25) is 0 Å². The maximum absolute atomic E-state index is 12.6. The molecule has 0 bridgehead atoms. The Morgan fingerprint density at radius 3 is 2.20 bits per heavy atom. The Bertz CT molecular complexity index is 598. The molecule has 0 aliphatic heterocycles. The normalized spacial score (nSPS) is 11.1. The van der Waals surface area contributed by atoms with Gasteiger partial charge in [0, 0.05) is 0 Å². The summed E-state index contributed by atoms with van der Waals surface area (Å²) in [7, 11) is -3.21. The van der Waals surface area contributed by atoms with Gasteiger partial charge in [0.15, 0.2) is 0 Å². The van der Waals surface area contributed by atoms with Crippen molar-refractivity contribution in [3.8, 4) is 6.07 Å². The molecule has 109 valence electrons. The molecule has 3 N–H and O–H groups in total. The van der Waals surface area contributed by atoms with Gasteiger partial charge in [-0.25, -0.2) is 13.1 Å². The Kier molecular flexibility index (Phi) is 6.67. The molecule has 0 fully saturated rings. The van der Waals surface area contributed by atoms with Gasteiger partial charge in [0.05, 0.1) is 22.1 Å². The summed E-state index contributed by atoms with van der Waals surface area (Å²) in [5.41, 5.74) is -1.61. The lowest BCUT2D eigenvalue weighted by molar-refractivity contribution is -0.139. The molecule has 0 saturated carbocycles. The monoisotopic (exact) mass is 309 g/mol. The second-order valence-corrected chi connectivity index (χ2v) is 5.00. The summed E-state index contributed by atoms with van der Waals surface area (Å²) in [5.74, 6) is 0. The van der Waals surface area contributed by atoms with Crippen LogP contribution in [0.2, 0.25) is 0 Å². The molecule has 1 rings (SSSR count). The molecule has 0 aliphatic carbocycles. The van der Waals surface area contributed by atoms with Gasteiger partial charge in [-0.15, -0.1) is 0 Å². The minimum absolute atomic E-state index is 0. The fourth-order valence-electron chi connectivity index (χ4n) is 1.17. The van der Waals surface area contributed by atoms with Gasteiger partial charge in [0.2, 0.25) is 10.0 Å². The van der Waals surface area contributed by atoms with Crippen LogP contribution in [0.15, 0.2) is 23.1 Å². The highest BCUT2D eigenvalue weighted by Gasteiger charge is 2.37. The van der Waals surface area contributed by atoms with E-state index in [-0.39, 0.29) is 13.2 Å². The highest BCUT2D eigenvalue weighted by Crippen LogP contribution is 2.34. The molecule has 0 unspecified atom stereocenters. The predicted molar refractivity (Wildman–Crippen MR) is 62.6 cm³/mol. The quantitative estimate of drug-likeness (QED) is 0.666. The van der Waals surface area contributed by atoms with Gasteiger partial charge in [-0.1, -0.05) is 0 Å². The fraction of sp³-hybridized carbons (Fsp3) is 0.222. The van der Waals surface area contributed by atoms with E-state index in [4.69, 9.17) is 15.3 Å². The molecule has 1 radical (unpaired) electrons. The molecule has 0 atom stereocenters. The van der Waals surface area contributed by atoms with Crippen LogP contribution in [0.3, 0.4) is 0 Å². The van der Waals surface area contributed by atoms with Crippen LogP contribution >= 0.6 is 0 Å². The van der Waals surface area contributed by atoms with E-state index in [1.807, 2.05) is 0 Å². The minimum atomic E-state index is -4.84. The summed E-state index contributed by atoms with van der Waals surface area (Å²) >= 11 is 0. The largest absolute Gasteiger partial charge is 0.482 e. The summed E-state index contributed by atoms with van der Waals surface area (Å²) in [6, 6.07) is 3.80. The van der Waals surface area contributed by atoms with Crippen LogP contribution in [0.25, 0.3) is 0 Å². The van der Waals surface area contributed by atoms with Gasteiger partial charge in [0.25, 0.3) is 0 Å². The summed E-state index contributed by atoms with van der Waals surface area (Å²) < 4.78 is 62.4. The molecule has 11 heteroatoms. The Morgan fingerprint density at radius 1 is 1.35 bits per heavy atom. The van der Waals surface area contributed by atoms with Crippen molar-refractivity contribution in [1.82, 2.24) is 4.72 Å². The number of rotatable bonds is 2. The summed E-state index contributed by atoms with van der Waals surface area (Å²) in [6.45, 7) is 0. The number of alkyl halides is 3. The smallest absolute Gasteiger partial charge is 0.429 e. The van der Waals surface area contributed by atoms with Crippen molar-refractivity contribution in [2.75, 3.05) is 7.05 Å². The molecule has 1 aromatic carbocycles. The molecule has 0 spiro atoms. The first kappa shape index (κ1) is 18.4. The third-order valence-corrected chi connectivity index (χ3v) is 3.44. The molecular weight excluding hydrogens is 300 g/mol. The third kappa shape index (κ3) is 4.82. The van der Waals surface area contributed by atoms with E-state index in [9.17, 15) is 21.6 Å². The van der Waals surface area contributed by atoms with E-state index in [1.54, 1.807) is 4.72 Å². The van der Waals surface area contributed by atoms with Crippen LogP contribution in [0, 0.1) is 11.3 Å². The van der Waals surface area contributed by atoms with Crippen molar-refractivity contribution in [3.63, 3.8) is 0 Å². The van der Waals surface area contributed by atoms with Crippen LogP contribution in [0.4, 0.5) is 13.2 Å². The minimum Gasteiger partial charge on any atom is -0.429 e. The molecule has 1 aromatic rings. The van der Waals surface area contributed by atoms with Gasteiger partial charge >= 0.3 is 13.9 Å². The SMILES string of the molecule is CNS(=O)(=O)c1ccc(C#N)cc1C(F)(F)F.O[B]O. The van der Waals surface area contributed by atoms with E-state index < -0.39 is 26.7 Å². The van der Waals surface area contributed by atoms with E-state index in [0.29, 0.717) is 6.07 Å². The molecular formula is C9H9BF3N2O4S. The number of benzene rings is 1. The topological polar surface area (TPSA) is 110 Å². The zero-order valence-electron chi connectivity index (χ0n) is 10.0. The van der Waals surface area contributed by atoms with Crippen LogP contribution in [0.1, 0.15) is 11.1 Å². The highest BCUT2D eigenvalue weighted by molar-refractivity contribution is 7.89. The number of nitrogens with one attached hydrogen (secondary N) is 1. The molecule has 6 nitrogen and oxygen atoms in total. The van der Waals surface area contributed by atoms with Crippen molar-refractivity contribution in [2.24, 2.45) is 0 Å². The summed E-state index contributed by atoms with van der Waals surface area (Å²) in [5, 5.41) is 22.5. The van der Waals surface area contributed by atoms with E-state index in [2.05, 4.69) is 0 Å². The Morgan fingerprint density at radius 2 is 1.85 bits per heavy atom. The second-order valence-electron chi connectivity index (χ2n) is 3.14. The number of halogens is 3. The van der Waals surface area contributed by atoms with Crippen LogP contribution in [-0.4, -0.2) is 33.2 Å². The van der Waals surface area contributed by atoms with E-state index >= 15 is 0 Å². The van der Waals surface area contributed by atoms with Crippen LogP contribution in [0.5, 0.6) is 0 Å². The maximum atomic E-state index is 12.6. The molecule has 0 aliphatic rings. The molecule has 0 saturated heterocycles. The van der Waals surface area contributed by atoms with Crippen molar-refractivity contribution in [2.45, 2.75) is 11.1 Å². The van der Waals surface area contributed by atoms with E-state index in [1.165, 1.54) is 6.07 Å². The summed E-state index contributed by atoms with van der Waals surface area (Å²) in [4.78, 5) is -0.897. The summed E-state index contributed by atoms with van der Waals surface area (Å²) in [6.07, 6.45) is -4.84. The molecule has 0 heterocycles. The van der Waals surface area contributed by atoms with Crippen LogP contribution in [-0.2, 0) is 16.2 Å². The zero-order chi connectivity index (χ0) is 16.0. The van der Waals surface area contributed by atoms with Crippen molar-refractivity contribution in [1.29, 1.82) is 5.26 Å². The fourth-order valence-corrected chi connectivity index (χ4v) is 2.10. The first-order valence-corrected chi connectivity index (χ1v) is 6.27. The van der Waals surface area contributed by atoms with Crippen molar-refractivity contribution in [3.05, 3.63) is 29.3 Å². The van der Waals surface area contributed by atoms with Crippen molar-refractivity contribution < 1.29 is 31.6 Å². The zero-order valence-corrected chi connectivity index (χ0v) is 10.8. The first-order chi connectivity index (χ1) is 9.13. The number of hydrogen-bond acceptors (Lipinski definition) is 5. The van der Waals surface area contributed by atoms with Crippen molar-refractivity contribution >= 4 is 17.7 Å². The lowest BCUT2D eigenvalue weighted by Gasteiger charge is -2.12. The molecule has 0 aromatic heterocycles. The van der Waals surface area contributed by atoms with Gasteiger partial charge in [-0.05, 0) is 25.2 Å². The molecule has 0 amide bonds. The number of sulfonamides is 1. The van der Waals surface area contributed by atoms with Gasteiger partial charge in [-0.2, -0.15) is 18.4 Å². The number of nitriles is 1. The maximum Gasteiger partial charge on any atom is 0.482 e. The second kappa shape index (κ2) is 7.25. The molecule has 20 heavy (non-hydrogen) atoms. The lowest BCUT2D eigenvalue weighted by atomic mass is 10.1. The first-order valence-electron chi connectivity index (χ1n) is 4.79. The highest BCUT2D eigenvalue weighted by atomic mass is 32.2. The number of nitrogens with zero attached hydrogens (tertiary/aromatic N) is 1. The standard InChI is InChI=1S/C9H7F3N2O2S.BH2O2/c1-14-17(15,16)8-3-2-6(5-13)4-7(8)9(10,11)12;2-1-3/h2-4,14H,1H3;2-3H. The Balaban J connectivity index is 0.00000110. The average molecular weight is 309 g/mol. The number of hydrogen-bond donors (Lipinski definition) is 3. The Hall–Kier alpha value is -1.61. The average Bonchev–Trinajstić information content (AvgIpc) is 2.38. The van der Waals surface area contributed by atoms with Crippen LogP contribution < -0.4 is 4.72 Å².